The van der Waals surface area contributed by atoms with Gasteiger partial charge in [0, 0.05) is 18.2 Å². The Balaban J connectivity index is 3.15. The molecular formula is C10H13NO3. The fourth-order valence-corrected chi connectivity index (χ4v) is 1.20. The average Bonchev–Trinajstić information content (AvgIpc) is 2.20. The molecule has 0 atom stereocenters. The molecule has 1 aromatic carbocycles. The Morgan fingerprint density at radius 2 is 1.86 bits per heavy atom. The lowest BCUT2D eigenvalue weighted by atomic mass is 10.1. The maximum atomic E-state index is 10.4. The molecule has 0 aliphatic carbocycles. The quantitative estimate of drug-likeness (QED) is 0.575. The van der Waals surface area contributed by atoms with Crippen molar-refractivity contribution in [1.82, 2.24) is 0 Å². The Labute approximate surface area is 82.6 Å². The van der Waals surface area contributed by atoms with Gasteiger partial charge in [-0.15, -0.1) is 0 Å². The average molecular weight is 195 g/mol. The first-order valence-electron chi connectivity index (χ1n) is 4.17. The van der Waals surface area contributed by atoms with E-state index in [1.807, 2.05) is 0 Å². The third-order valence-corrected chi connectivity index (χ3v) is 1.95. The van der Waals surface area contributed by atoms with E-state index in [2.05, 4.69) is 0 Å². The highest BCUT2D eigenvalue weighted by Crippen LogP contribution is 2.31. The van der Waals surface area contributed by atoms with Crippen molar-refractivity contribution in [2.24, 2.45) is 0 Å². The highest BCUT2D eigenvalue weighted by molar-refractivity contribution is 5.65. The van der Waals surface area contributed by atoms with Crippen LogP contribution < -0.4 is 15.2 Å². The van der Waals surface area contributed by atoms with Crippen molar-refractivity contribution in [1.29, 1.82) is 0 Å². The number of benzene rings is 1. The first-order valence-corrected chi connectivity index (χ1v) is 4.17. The normalized spacial score (nSPS) is 9.57. The molecule has 0 aliphatic rings. The van der Waals surface area contributed by atoms with Crippen molar-refractivity contribution in [3.8, 4) is 11.5 Å². The molecule has 4 nitrogen and oxygen atoms in total. The third kappa shape index (κ3) is 1.96. The molecule has 0 spiro atoms. The number of ether oxygens (including phenoxy) is 2. The van der Waals surface area contributed by atoms with Gasteiger partial charge >= 0.3 is 0 Å². The molecule has 14 heavy (non-hydrogen) atoms. The highest BCUT2D eigenvalue weighted by Gasteiger charge is 2.08. The number of methoxy groups -OCH3 is 2. The molecule has 4 heteroatoms. The monoisotopic (exact) mass is 195 g/mol. The van der Waals surface area contributed by atoms with Gasteiger partial charge in [-0.25, -0.2) is 0 Å². The van der Waals surface area contributed by atoms with E-state index in [4.69, 9.17) is 15.2 Å². The summed E-state index contributed by atoms with van der Waals surface area (Å²) in [5.41, 5.74) is 7.00. The molecular weight excluding hydrogens is 182 g/mol. The molecule has 0 saturated heterocycles. The zero-order chi connectivity index (χ0) is 10.6. The second-order valence-corrected chi connectivity index (χ2v) is 2.78. The molecule has 0 radical (unpaired) electrons. The Hall–Kier alpha value is -1.71. The van der Waals surface area contributed by atoms with E-state index in [1.54, 1.807) is 19.2 Å². The van der Waals surface area contributed by atoms with Gasteiger partial charge in [0.15, 0.2) is 11.5 Å². The first-order chi connectivity index (χ1) is 6.72. The predicted molar refractivity (Wildman–Crippen MR) is 53.7 cm³/mol. The number of hydrogen-bond donors (Lipinski definition) is 1. The van der Waals surface area contributed by atoms with E-state index >= 15 is 0 Å². The van der Waals surface area contributed by atoms with Crippen LogP contribution in [0.2, 0.25) is 0 Å². The first kappa shape index (κ1) is 10.4. The van der Waals surface area contributed by atoms with Gasteiger partial charge in [-0.3, -0.25) is 0 Å². The lowest BCUT2D eigenvalue weighted by Crippen LogP contribution is -1.99. The minimum Gasteiger partial charge on any atom is -0.493 e. The largest absolute Gasteiger partial charge is 0.493 e. The summed E-state index contributed by atoms with van der Waals surface area (Å²) < 4.78 is 10.1. The molecule has 0 bridgehead atoms. The number of nitrogen functional groups attached to an aromatic ring is 1. The van der Waals surface area contributed by atoms with Crippen LogP contribution in [0.1, 0.15) is 5.56 Å². The van der Waals surface area contributed by atoms with Gasteiger partial charge in [0.25, 0.3) is 0 Å². The Kier molecular flexibility index (Phi) is 3.34. The Bertz CT molecular complexity index is 336. The van der Waals surface area contributed by atoms with E-state index in [1.165, 1.54) is 7.11 Å². The van der Waals surface area contributed by atoms with Gasteiger partial charge in [-0.1, -0.05) is 0 Å². The van der Waals surface area contributed by atoms with Crippen LogP contribution in [0.5, 0.6) is 11.5 Å². The minimum absolute atomic E-state index is 0.284. The summed E-state index contributed by atoms with van der Waals surface area (Å²) in [5.74, 6) is 1.15. The summed E-state index contributed by atoms with van der Waals surface area (Å²) in [6.45, 7) is 0. The molecule has 0 fully saturated rings. The van der Waals surface area contributed by atoms with Gasteiger partial charge < -0.3 is 20.0 Å². The van der Waals surface area contributed by atoms with E-state index < -0.39 is 0 Å². The number of rotatable bonds is 4. The van der Waals surface area contributed by atoms with Crippen molar-refractivity contribution in [3.63, 3.8) is 0 Å². The summed E-state index contributed by atoms with van der Waals surface area (Å²) in [7, 11) is 3.08. The molecule has 0 amide bonds. The molecule has 0 saturated carbocycles. The standard InChI is InChI=1S/C10H13NO3/c1-13-9-5-7(3-4-12)8(11)6-10(9)14-2/h4-6H,3,11H2,1-2H3. The number of hydrogen-bond acceptors (Lipinski definition) is 4. The molecule has 0 aromatic heterocycles. The van der Waals surface area contributed by atoms with E-state index in [-0.39, 0.29) is 6.42 Å². The maximum Gasteiger partial charge on any atom is 0.162 e. The van der Waals surface area contributed by atoms with Crippen molar-refractivity contribution >= 4 is 12.0 Å². The Morgan fingerprint density at radius 3 is 2.36 bits per heavy atom. The fraction of sp³-hybridized carbons (Fsp3) is 0.300. The van der Waals surface area contributed by atoms with Crippen LogP contribution in [0.4, 0.5) is 5.69 Å². The molecule has 1 aromatic rings. The predicted octanol–water partition coefficient (Wildman–Crippen LogP) is 1.03. The molecule has 0 aliphatic heterocycles. The van der Waals surface area contributed by atoms with Gasteiger partial charge in [-0.05, 0) is 11.6 Å². The summed E-state index contributed by atoms with van der Waals surface area (Å²) >= 11 is 0. The van der Waals surface area contributed by atoms with Crippen LogP contribution in [-0.2, 0) is 11.2 Å². The number of aldehydes is 1. The van der Waals surface area contributed by atoms with Crippen molar-refractivity contribution in [2.75, 3.05) is 20.0 Å². The second kappa shape index (κ2) is 4.50. The molecule has 2 N–H and O–H groups in total. The lowest BCUT2D eigenvalue weighted by Gasteiger charge is -2.10. The van der Waals surface area contributed by atoms with Crippen LogP contribution in [0.15, 0.2) is 12.1 Å². The molecule has 0 heterocycles. The van der Waals surface area contributed by atoms with Crippen molar-refractivity contribution in [2.45, 2.75) is 6.42 Å². The minimum atomic E-state index is 0.284. The van der Waals surface area contributed by atoms with E-state index in [0.717, 1.165) is 11.8 Å². The van der Waals surface area contributed by atoms with Gasteiger partial charge in [0.05, 0.1) is 14.2 Å². The van der Waals surface area contributed by atoms with Crippen molar-refractivity contribution < 1.29 is 14.3 Å². The third-order valence-electron chi connectivity index (χ3n) is 1.95. The van der Waals surface area contributed by atoms with Gasteiger partial charge in [0.1, 0.15) is 6.29 Å². The topological polar surface area (TPSA) is 61.5 Å². The number of carbonyl (C=O) groups excluding carboxylic acids is 1. The van der Waals surface area contributed by atoms with Crippen LogP contribution >= 0.6 is 0 Å². The molecule has 0 unspecified atom stereocenters. The number of nitrogens with two attached hydrogens (primary N) is 1. The van der Waals surface area contributed by atoms with E-state index in [0.29, 0.717) is 17.2 Å². The zero-order valence-electron chi connectivity index (χ0n) is 8.24. The summed E-state index contributed by atoms with van der Waals surface area (Å²) in [5, 5.41) is 0. The number of carbonyl (C=O) groups is 1. The van der Waals surface area contributed by atoms with Gasteiger partial charge in [-0.2, -0.15) is 0 Å². The van der Waals surface area contributed by atoms with Crippen molar-refractivity contribution in [3.05, 3.63) is 17.7 Å². The maximum absolute atomic E-state index is 10.4. The Morgan fingerprint density at radius 1 is 1.29 bits per heavy atom. The molecule has 76 valence electrons. The smallest absolute Gasteiger partial charge is 0.162 e. The number of anilines is 1. The fourth-order valence-electron chi connectivity index (χ4n) is 1.20. The van der Waals surface area contributed by atoms with Crippen LogP contribution in [0.25, 0.3) is 0 Å². The lowest BCUT2D eigenvalue weighted by molar-refractivity contribution is -0.107. The van der Waals surface area contributed by atoms with Crippen LogP contribution in [0, 0.1) is 0 Å². The molecule has 1 rings (SSSR count). The van der Waals surface area contributed by atoms with E-state index in [9.17, 15) is 4.79 Å². The summed E-state index contributed by atoms with van der Waals surface area (Å²) in [4.78, 5) is 10.4. The second-order valence-electron chi connectivity index (χ2n) is 2.78. The van der Waals surface area contributed by atoms with Crippen LogP contribution in [-0.4, -0.2) is 20.5 Å². The highest BCUT2D eigenvalue weighted by atomic mass is 16.5. The zero-order valence-corrected chi connectivity index (χ0v) is 8.24. The summed E-state index contributed by atoms with van der Waals surface area (Å²) in [6.07, 6.45) is 1.09. The SMILES string of the molecule is COc1cc(N)c(CC=O)cc1OC. The summed E-state index contributed by atoms with van der Waals surface area (Å²) in [6, 6.07) is 3.36. The van der Waals surface area contributed by atoms with Crippen LogP contribution in [0.3, 0.4) is 0 Å². The van der Waals surface area contributed by atoms with Gasteiger partial charge in [0.2, 0.25) is 0 Å².